The molecule has 2 aromatic rings. The van der Waals surface area contributed by atoms with Gasteiger partial charge in [0, 0.05) is 18.9 Å². The van der Waals surface area contributed by atoms with Crippen LogP contribution in [0.2, 0.25) is 0 Å². The molecular weight excluding hydrogens is 318 g/mol. The third-order valence-corrected chi connectivity index (χ3v) is 4.71. The second-order valence-electron chi connectivity index (χ2n) is 6.33. The van der Waals surface area contributed by atoms with Gasteiger partial charge >= 0.3 is 0 Å². The van der Waals surface area contributed by atoms with E-state index in [2.05, 4.69) is 5.10 Å². The Balaban J connectivity index is 1.70. The van der Waals surface area contributed by atoms with Crippen LogP contribution in [0.25, 0.3) is 0 Å². The molecule has 0 aliphatic carbocycles. The van der Waals surface area contributed by atoms with E-state index >= 15 is 0 Å². The van der Waals surface area contributed by atoms with Crippen molar-refractivity contribution in [2.24, 2.45) is 0 Å². The highest BCUT2D eigenvalue weighted by atomic mass is 16.5. The van der Waals surface area contributed by atoms with Gasteiger partial charge in [-0.2, -0.15) is 5.10 Å². The fourth-order valence-electron chi connectivity index (χ4n) is 3.41. The summed E-state index contributed by atoms with van der Waals surface area (Å²) in [5, 5.41) is 4.28. The zero-order valence-corrected chi connectivity index (χ0v) is 14.9. The predicted octanol–water partition coefficient (Wildman–Crippen LogP) is 2.52. The number of hydrogen-bond acceptors (Lipinski definition) is 4. The topological polar surface area (TPSA) is 56.6 Å². The molecule has 1 aromatic carbocycles. The van der Waals surface area contributed by atoms with Crippen molar-refractivity contribution in [2.45, 2.75) is 38.3 Å². The number of benzene rings is 1. The monoisotopic (exact) mass is 343 g/mol. The lowest BCUT2D eigenvalue weighted by molar-refractivity contribution is -0.134. The number of methoxy groups -OCH3 is 2. The number of likely N-dealkylation sites (tertiary alicyclic amines) is 1. The number of amides is 1. The number of aromatic nitrogens is 2. The van der Waals surface area contributed by atoms with Crippen LogP contribution in [-0.2, 0) is 17.8 Å². The van der Waals surface area contributed by atoms with Crippen molar-refractivity contribution in [1.82, 2.24) is 14.7 Å². The smallest absolute Gasteiger partial charge is 0.227 e. The number of ether oxygens (including phenoxy) is 2. The molecule has 134 valence electrons. The quantitative estimate of drug-likeness (QED) is 0.809. The third-order valence-electron chi connectivity index (χ3n) is 4.71. The number of hydrogen-bond donors (Lipinski definition) is 0. The van der Waals surface area contributed by atoms with Gasteiger partial charge in [0.05, 0.1) is 33.2 Å². The van der Waals surface area contributed by atoms with Gasteiger partial charge in [0.1, 0.15) is 0 Å². The minimum Gasteiger partial charge on any atom is -0.493 e. The molecule has 0 bridgehead atoms. The molecule has 1 fully saturated rings. The van der Waals surface area contributed by atoms with E-state index in [1.807, 2.05) is 40.0 Å². The minimum absolute atomic E-state index is 0.157. The normalized spacial score (nSPS) is 17.4. The largest absolute Gasteiger partial charge is 0.493 e. The highest BCUT2D eigenvalue weighted by molar-refractivity contribution is 5.79. The third kappa shape index (κ3) is 4.13. The molecule has 0 spiro atoms. The summed E-state index contributed by atoms with van der Waals surface area (Å²) in [5.74, 6) is 1.48. The van der Waals surface area contributed by atoms with Crippen LogP contribution in [0.4, 0.5) is 0 Å². The average Bonchev–Trinajstić information content (AvgIpc) is 3.15. The first kappa shape index (κ1) is 17.3. The Morgan fingerprint density at radius 1 is 1.24 bits per heavy atom. The molecule has 1 atom stereocenters. The Morgan fingerprint density at radius 2 is 2.08 bits per heavy atom. The lowest BCUT2D eigenvalue weighted by Crippen LogP contribution is -2.46. The summed E-state index contributed by atoms with van der Waals surface area (Å²) in [4.78, 5) is 14.9. The van der Waals surface area contributed by atoms with Crippen LogP contribution >= 0.6 is 0 Å². The van der Waals surface area contributed by atoms with E-state index in [1.54, 1.807) is 20.4 Å². The number of carbonyl (C=O) groups excluding carboxylic acids is 1. The molecule has 0 N–H and O–H groups in total. The summed E-state index contributed by atoms with van der Waals surface area (Å²) in [6.45, 7) is 1.57. The maximum absolute atomic E-state index is 12.9. The Kier molecular flexibility index (Phi) is 5.58. The molecule has 1 aliphatic rings. The van der Waals surface area contributed by atoms with Crippen LogP contribution in [0, 0.1) is 0 Å². The van der Waals surface area contributed by atoms with Crippen LogP contribution in [0.3, 0.4) is 0 Å². The first-order chi connectivity index (χ1) is 12.2. The Labute approximate surface area is 148 Å². The average molecular weight is 343 g/mol. The van der Waals surface area contributed by atoms with Crippen molar-refractivity contribution in [3.63, 3.8) is 0 Å². The molecule has 25 heavy (non-hydrogen) atoms. The Bertz CT molecular complexity index is 700. The lowest BCUT2D eigenvalue weighted by atomic mass is 10.0. The van der Waals surface area contributed by atoms with Gasteiger partial charge in [-0.3, -0.25) is 9.48 Å². The molecule has 0 radical (unpaired) electrons. The second kappa shape index (κ2) is 8.05. The minimum atomic E-state index is 0.157. The van der Waals surface area contributed by atoms with Gasteiger partial charge in [0.2, 0.25) is 5.91 Å². The molecule has 3 rings (SSSR count). The van der Waals surface area contributed by atoms with E-state index in [0.29, 0.717) is 17.9 Å². The van der Waals surface area contributed by atoms with Crippen molar-refractivity contribution in [3.8, 4) is 11.5 Å². The van der Waals surface area contributed by atoms with Crippen molar-refractivity contribution >= 4 is 5.91 Å². The van der Waals surface area contributed by atoms with E-state index in [-0.39, 0.29) is 11.9 Å². The molecule has 1 saturated heterocycles. The summed E-state index contributed by atoms with van der Waals surface area (Å²) in [6.07, 6.45) is 7.34. The van der Waals surface area contributed by atoms with Crippen molar-refractivity contribution in [3.05, 3.63) is 42.2 Å². The summed E-state index contributed by atoms with van der Waals surface area (Å²) >= 11 is 0. The maximum atomic E-state index is 12.9. The van der Waals surface area contributed by atoms with E-state index < -0.39 is 0 Å². The van der Waals surface area contributed by atoms with E-state index in [1.165, 1.54) is 0 Å². The van der Waals surface area contributed by atoms with Gasteiger partial charge in [-0.25, -0.2) is 0 Å². The van der Waals surface area contributed by atoms with Crippen molar-refractivity contribution in [2.75, 3.05) is 20.8 Å². The van der Waals surface area contributed by atoms with E-state index in [4.69, 9.17) is 9.47 Å². The van der Waals surface area contributed by atoms with Crippen LogP contribution in [0.15, 0.2) is 36.7 Å². The summed E-state index contributed by atoms with van der Waals surface area (Å²) in [5.41, 5.74) is 0.936. The number of carbonyl (C=O) groups is 1. The van der Waals surface area contributed by atoms with E-state index in [9.17, 15) is 4.79 Å². The summed E-state index contributed by atoms with van der Waals surface area (Å²) in [6, 6.07) is 7.77. The van der Waals surface area contributed by atoms with Crippen LogP contribution in [0.1, 0.15) is 24.8 Å². The molecule has 1 aromatic heterocycles. The Hall–Kier alpha value is -2.50. The van der Waals surface area contributed by atoms with Gasteiger partial charge in [-0.05, 0) is 43.0 Å². The van der Waals surface area contributed by atoms with Crippen LogP contribution in [0.5, 0.6) is 11.5 Å². The van der Waals surface area contributed by atoms with Gasteiger partial charge in [-0.1, -0.05) is 6.07 Å². The number of piperidine rings is 1. The van der Waals surface area contributed by atoms with Gasteiger partial charge in [-0.15, -0.1) is 0 Å². The molecule has 1 aliphatic heterocycles. The molecule has 0 saturated carbocycles. The van der Waals surface area contributed by atoms with Gasteiger partial charge in [0.25, 0.3) is 0 Å². The lowest BCUT2D eigenvalue weighted by Gasteiger charge is -2.36. The van der Waals surface area contributed by atoms with Crippen molar-refractivity contribution < 1.29 is 14.3 Å². The zero-order chi connectivity index (χ0) is 17.6. The van der Waals surface area contributed by atoms with Gasteiger partial charge < -0.3 is 14.4 Å². The standard InChI is InChI=1S/C19H25N3O3/c1-24-17-8-7-15(12-18(17)25-2)13-19(23)22-11-4-3-6-16(22)14-21-10-5-9-20-21/h5,7-10,12,16H,3-4,6,11,13-14H2,1-2H3. The van der Waals surface area contributed by atoms with Gasteiger partial charge in [0.15, 0.2) is 11.5 Å². The van der Waals surface area contributed by atoms with Crippen LogP contribution < -0.4 is 9.47 Å². The molecular formula is C19H25N3O3. The molecule has 1 unspecified atom stereocenters. The fourth-order valence-corrected chi connectivity index (χ4v) is 3.41. The second-order valence-corrected chi connectivity index (χ2v) is 6.33. The highest BCUT2D eigenvalue weighted by Gasteiger charge is 2.27. The van der Waals surface area contributed by atoms with E-state index in [0.717, 1.165) is 37.9 Å². The first-order valence-corrected chi connectivity index (χ1v) is 8.69. The first-order valence-electron chi connectivity index (χ1n) is 8.69. The number of nitrogens with zero attached hydrogens (tertiary/aromatic N) is 3. The molecule has 6 heteroatoms. The molecule has 2 heterocycles. The maximum Gasteiger partial charge on any atom is 0.227 e. The zero-order valence-electron chi connectivity index (χ0n) is 14.9. The number of rotatable bonds is 6. The highest BCUT2D eigenvalue weighted by Crippen LogP contribution is 2.28. The predicted molar refractivity (Wildman–Crippen MR) is 94.8 cm³/mol. The fraction of sp³-hybridized carbons (Fsp3) is 0.474. The Morgan fingerprint density at radius 3 is 2.80 bits per heavy atom. The summed E-state index contributed by atoms with van der Waals surface area (Å²) < 4.78 is 12.5. The SMILES string of the molecule is COc1ccc(CC(=O)N2CCCCC2Cn2cccn2)cc1OC. The van der Waals surface area contributed by atoms with Crippen molar-refractivity contribution in [1.29, 1.82) is 0 Å². The molecule has 1 amide bonds. The molecule has 6 nitrogen and oxygen atoms in total. The summed E-state index contributed by atoms with van der Waals surface area (Å²) in [7, 11) is 3.21. The van der Waals surface area contributed by atoms with Crippen LogP contribution in [-0.4, -0.2) is 47.4 Å².